The molecule has 9 rings (SSSR count). The van der Waals surface area contributed by atoms with Gasteiger partial charge in [0.05, 0.1) is 21.2 Å². The Labute approximate surface area is 280 Å². The van der Waals surface area contributed by atoms with E-state index < -0.39 is 9.84 Å². The Morgan fingerprint density at radius 3 is 1.77 bits per heavy atom. The lowest BCUT2D eigenvalue weighted by Crippen LogP contribution is -2.31. The van der Waals surface area contributed by atoms with E-state index in [1.54, 1.807) is 18.2 Å². The van der Waals surface area contributed by atoms with Crippen LogP contribution in [0, 0.1) is 0 Å². The van der Waals surface area contributed by atoms with Crippen molar-refractivity contribution in [2.45, 2.75) is 58.1 Å². The highest BCUT2D eigenvalue weighted by molar-refractivity contribution is 7.99. The summed E-state index contributed by atoms with van der Waals surface area (Å²) in [4.78, 5) is 5.74. The van der Waals surface area contributed by atoms with Crippen LogP contribution in [0.5, 0.6) is 0 Å². The molecule has 3 aliphatic rings. The molecule has 5 heteroatoms. The van der Waals surface area contributed by atoms with Crippen molar-refractivity contribution in [1.29, 1.82) is 0 Å². The molecule has 0 N–H and O–H groups in total. The van der Waals surface area contributed by atoms with Crippen molar-refractivity contribution in [3.8, 4) is 22.3 Å². The van der Waals surface area contributed by atoms with Crippen molar-refractivity contribution in [3.05, 3.63) is 150 Å². The molecular formula is C42H33NO2S2. The monoisotopic (exact) mass is 647 g/mol. The van der Waals surface area contributed by atoms with Gasteiger partial charge in [-0.05, 0) is 94.0 Å². The summed E-state index contributed by atoms with van der Waals surface area (Å²) in [5.41, 5.74) is 12.1. The van der Waals surface area contributed by atoms with Gasteiger partial charge in [0.1, 0.15) is 0 Å². The van der Waals surface area contributed by atoms with Gasteiger partial charge in [0, 0.05) is 37.4 Å². The lowest BCUT2D eigenvalue weighted by Gasteiger charge is -2.42. The molecule has 3 aliphatic heterocycles. The first-order valence-corrected chi connectivity index (χ1v) is 18.3. The quantitative estimate of drug-likeness (QED) is 0.187. The predicted molar refractivity (Wildman–Crippen MR) is 192 cm³/mol. The molecule has 6 aromatic carbocycles. The number of hydrogen-bond acceptors (Lipinski definition) is 4. The van der Waals surface area contributed by atoms with Gasteiger partial charge in [-0.3, -0.25) is 0 Å². The molecule has 0 fully saturated rings. The average Bonchev–Trinajstić information content (AvgIpc) is 3.31. The summed E-state index contributed by atoms with van der Waals surface area (Å²) >= 11 is 1.83. The van der Waals surface area contributed by atoms with Gasteiger partial charge in [0.2, 0.25) is 9.84 Å². The van der Waals surface area contributed by atoms with Crippen molar-refractivity contribution >= 4 is 38.7 Å². The van der Waals surface area contributed by atoms with E-state index in [-0.39, 0.29) is 10.8 Å². The number of anilines is 3. The number of rotatable bonds is 2. The third-order valence-electron chi connectivity index (χ3n) is 10.5. The summed E-state index contributed by atoms with van der Waals surface area (Å²) in [5, 5.41) is 0. The van der Waals surface area contributed by atoms with Crippen LogP contribution in [0.25, 0.3) is 22.3 Å². The van der Waals surface area contributed by atoms with Crippen LogP contribution in [-0.4, -0.2) is 8.42 Å². The zero-order valence-corrected chi connectivity index (χ0v) is 28.3. The Balaban J connectivity index is 1.15. The Kier molecular flexibility index (Phi) is 5.92. The molecule has 0 bridgehead atoms. The Hall–Kier alpha value is -4.58. The lowest BCUT2D eigenvalue weighted by atomic mass is 9.73. The minimum atomic E-state index is -3.49. The molecule has 0 spiro atoms. The number of sulfone groups is 1. The third kappa shape index (κ3) is 3.96. The van der Waals surface area contributed by atoms with Gasteiger partial charge in [-0.25, -0.2) is 8.42 Å². The summed E-state index contributed by atoms with van der Waals surface area (Å²) < 4.78 is 26.4. The number of para-hydroxylation sites is 2. The molecule has 0 amide bonds. The van der Waals surface area contributed by atoms with Crippen LogP contribution in [0.1, 0.15) is 49.9 Å². The van der Waals surface area contributed by atoms with E-state index in [1.165, 1.54) is 43.4 Å². The lowest BCUT2D eigenvalue weighted by molar-refractivity contribution is 0.598. The fourth-order valence-electron chi connectivity index (χ4n) is 7.93. The largest absolute Gasteiger partial charge is 0.310 e. The van der Waals surface area contributed by atoms with Crippen LogP contribution in [0.2, 0.25) is 0 Å². The van der Waals surface area contributed by atoms with Crippen LogP contribution in [0.4, 0.5) is 17.1 Å². The second kappa shape index (κ2) is 9.72. The molecule has 0 saturated heterocycles. The average molecular weight is 648 g/mol. The summed E-state index contributed by atoms with van der Waals surface area (Å²) in [6, 6.07) is 44.3. The Morgan fingerprint density at radius 2 is 1.04 bits per heavy atom. The zero-order valence-electron chi connectivity index (χ0n) is 26.7. The first-order chi connectivity index (χ1) is 22.6. The first kappa shape index (κ1) is 28.6. The predicted octanol–water partition coefficient (Wildman–Crippen LogP) is 11.1. The summed E-state index contributed by atoms with van der Waals surface area (Å²) in [6.07, 6.45) is 0. The molecule has 0 atom stereocenters. The smallest absolute Gasteiger partial charge is 0.207 e. The van der Waals surface area contributed by atoms with E-state index in [9.17, 15) is 8.42 Å². The number of hydrogen-bond donors (Lipinski definition) is 0. The van der Waals surface area contributed by atoms with E-state index >= 15 is 0 Å². The topological polar surface area (TPSA) is 37.4 Å². The second-order valence-corrected chi connectivity index (χ2v) is 16.8. The van der Waals surface area contributed by atoms with Crippen LogP contribution < -0.4 is 4.90 Å². The van der Waals surface area contributed by atoms with Crippen molar-refractivity contribution < 1.29 is 8.42 Å². The fraction of sp³-hybridized carbons (Fsp3) is 0.143. The van der Waals surface area contributed by atoms with E-state index in [4.69, 9.17) is 0 Å². The summed E-state index contributed by atoms with van der Waals surface area (Å²) in [6.45, 7) is 9.29. The van der Waals surface area contributed by atoms with E-state index in [0.29, 0.717) is 9.79 Å². The van der Waals surface area contributed by atoms with Gasteiger partial charge < -0.3 is 4.90 Å². The van der Waals surface area contributed by atoms with Crippen molar-refractivity contribution in [1.82, 2.24) is 0 Å². The van der Waals surface area contributed by atoms with Crippen LogP contribution in [0.15, 0.2) is 147 Å². The van der Waals surface area contributed by atoms with E-state index in [1.807, 2.05) is 36.0 Å². The molecule has 0 aliphatic carbocycles. The molecule has 3 nitrogen and oxygen atoms in total. The van der Waals surface area contributed by atoms with Crippen molar-refractivity contribution in [2.24, 2.45) is 0 Å². The molecule has 0 saturated carbocycles. The molecule has 3 heterocycles. The van der Waals surface area contributed by atoms with Crippen LogP contribution >= 0.6 is 11.8 Å². The molecule has 6 aromatic rings. The maximum atomic E-state index is 13.2. The Bertz CT molecular complexity index is 2370. The summed E-state index contributed by atoms with van der Waals surface area (Å²) in [5.74, 6) is 0. The fourth-order valence-corrected chi connectivity index (χ4v) is 11.0. The minimum absolute atomic E-state index is 0.105. The Morgan fingerprint density at radius 1 is 0.511 bits per heavy atom. The van der Waals surface area contributed by atoms with Gasteiger partial charge in [-0.1, -0.05) is 106 Å². The van der Waals surface area contributed by atoms with Crippen molar-refractivity contribution in [2.75, 3.05) is 4.90 Å². The molecular weight excluding hydrogens is 615 g/mol. The van der Waals surface area contributed by atoms with E-state index in [2.05, 4.69) is 118 Å². The summed E-state index contributed by atoms with van der Waals surface area (Å²) in [7, 11) is -3.49. The van der Waals surface area contributed by atoms with Gasteiger partial charge in [0.25, 0.3) is 0 Å². The van der Waals surface area contributed by atoms with Gasteiger partial charge >= 0.3 is 0 Å². The molecule has 0 aromatic heterocycles. The molecule has 0 unspecified atom stereocenters. The number of fused-ring (bicyclic) bond motifs is 7. The SMILES string of the molecule is CC1(C)c2cc(-c3ccc4c(c3)-c3ccccc3S4(=O)=O)ccc2Sc2ccc(N3c4ccccc4C(C)(C)c4ccccc43)cc21. The number of nitrogens with zero attached hydrogens (tertiary/aromatic N) is 1. The first-order valence-electron chi connectivity index (χ1n) is 16.0. The van der Waals surface area contributed by atoms with Gasteiger partial charge in [0.15, 0.2) is 0 Å². The van der Waals surface area contributed by atoms with Gasteiger partial charge in [-0.2, -0.15) is 0 Å². The zero-order chi connectivity index (χ0) is 32.3. The maximum absolute atomic E-state index is 13.2. The highest BCUT2D eigenvalue weighted by Crippen LogP contribution is 2.55. The minimum Gasteiger partial charge on any atom is -0.310 e. The van der Waals surface area contributed by atoms with Crippen LogP contribution in [0.3, 0.4) is 0 Å². The normalized spacial score (nSPS) is 17.1. The number of benzene rings is 6. The highest BCUT2D eigenvalue weighted by atomic mass is 32.2. The van der Waals surface area contributed by atoms with Crippen molar-refractivity contribution in [3.63, 3.8) is 0 Å². The van der Waals surface area contributed by atoms with E-state index in [0.717, 1.165) is 27.9 Å². The third-order valence-corrected chi connectivity index (χ3v) is 13.5. The second-order valence-electron chi connectivity index (χ2n) is 13.8. The van der Waals surface area contributed by atoms with Crippen LogP contribution in [-0.2, 0) is 20.7 Å². The molecule has 47 heavy (non-hydrogen) atoms. The standard InChI is InChI=1S/C42H33NO2S2/c1-41(2)31-12-6-8-14-35(31)43(36-15-9-7-13-32(36)41)28-19-21-38-34(25-28)42(3,4)33-24-27(17-20-37(33)46-38)26-18-22-40-30(23-26)29-11-5-10-16-39(29)47(40,44)45/h5-25H,1-4H3. The maximum Gasteiger partial charge on any atom is 0.207 e. The van der Waals surface area contributed by atoms with Gasteiger partial charge in [-0.15, -0.1) is 0 Å². The highest BCUT2D eigenvalue weighted by Gasteiger charge is 2.39. The molecule has 0 radical (unpaired) electrons. The molecule has 230 valence electrons.